The Morgan fingerprint density at radius 3 is 1.78 bits per heavy atom. The Kier molecular flexibility index (Phi) is 19.9. The predicted octanol–water partition coefficient (Wildman–Crippen LogP) is 10.6. The summed E-state index contributed by atoms with van der Waals surface area (Å²) in [4.78, 5) is 9.82. The smallest absolute Gasteiger partial charge is 0.444 e. The maximum atomic E-state index is 13.1. The third-order valence-corrected chi connectivity index (χ3v) is 17.4. The van der Waals surface area contributed by atoms with Crippen LogP contribution in [-0.4, -0.2) is 87.7 Å². The molecule has 0 aliphatic carbocycles. The van der Waals surface area contributed by atoms with Crippen molar-refractivity contribution in [1.29, 1.82) is 0 Å². The van der Waals surface area contributed by atoms with E-state index in [0.29, 0.717) is 29.0 Å². The van der Waals surface area contributed by atoms with E-state index < -0.39 is 105 Å². The molecule has 468 valence electrons. The van der Waals surface area contributed by atoms with E-state index in [1.807, 2.05) is 0 Å². The van der Waals surface area contributed by atoms with Crippen molar-refractivity contribution in [3.63, 3.8) is 0 Å². The van der Waals surface area contributed by atoms with Gasteiger partial charge in [-0.15, -0.1) is 48.7 Å². The Morgan fingerprint density at radius 1 is 0.522 bits per heavy atom. The molecule has 0 aliphatic heterocycles. The molecule has 7 aromatic carbocycles. The highest BCUT2D eigenvalue weighted by molar-refractivity contribution is 7.95. The number of aromatic nitrogens is 4. The standard InChI is InChI=1S/C47H36N14O22S7/c1-22-8-11-28(34(16-22)85-82-79-64)55-57-31-21-37(88(69,70)71)27(48)20-30(31)51-46-52-45(53-47(54-46)61-14-3-2-4-15-61)50-24-9-13-33(84-81-78-63)32(19-24)58-60-42-38(89(72,73)74)18-23-17-35(86-83-80-65)41(43(62)39(23)40(42)49)59-56-29-12-10-25-26(44(29)90(75,76)77)6-5-7-36(25)87(66,67)68/h2-21H,1H3,(H13-,48,49,50,51,52,53,54,55,56,58,62,63,64,65,66,67,68,69,70,71,72,73,74,75,76,77)/p+1. The number of phenolic OH excluding ortho intramolecular Hbond substituents is 1. The van der Waals surface area contributed by atoms with Gasteiger partial charge in [-0.25, -0.2) is 20.3 Å². The minimum absolute atomic E-state index is 0.0339. The maximum absolute atomic E-state index is 13.1. The van der Waals surface area contributed by atoms with Gasteiger partial charge in [-0.1, -0.05) is 45.4 Å². The van der Waals surface area contributed by atoms with E-state index in [-0.39, 0.29) is 78.9 Å². The van der Waals surface area contributed by atoms with Gasteiger partial charge < -0.3 is 27.2 Å². The van der Waals surface area contributed by atoms with Crippen LogP contribution in [0.15, 0.2) is 187 Å². The van der Waals surface area contributed by atoms with Gasteiger partial charge in [-0.05, 0) is 107 Å². The second-order valence-electron chi connectivity index (χ2n) is 17.6. The maximum Gasteiger partial charge on any atom is 0.444 e. The molecule has 0 saturated carbocycles. The first-order valence-electron chi connectivity index (χ1n) is 23.9. The lowest BCUT2D eigenvalue weighted by Crippen LogP contribution is -2.32. The summed E-state index contributed by atoms with van der Waals surface area (Å²) < 4.78 is 157. The number of azo groups is 3. The van der Waals surface area contributed by atoms with Gasteiger partial charge >= 0.3 is 17.8 Å². The molecule has 9 rings (SSSR count). The van der Waals surface area contributed by atoms with Crippen LogP contribution in [0.2, 0.25) is 0 Å². The van der Waals surface area contributed by atoms with Crippen molar-refractivity contribution < 1.29 is 105 Å². The minimum Gasteiger partial charge on any atom is -0.505 e. The van der Waals surface area contributed by atoms with Gasteiger partial charge in [0.15, 0.2) is 5.75 Å². The second kappa shape index (κ2) is 27.2. The Hall–Kier alpha value is -8.65. The largest absolute Gasteiger partial charge is 0.505 e. The van der Waals surface area contributed by atoms with Crippen LogP contribution in [0.4, 0.5) is 68.8 Å². The van der Waals surface area contributed by atoms with Gasteiger partial charge in [0.05, 0.1) is 85.7 Å². The van der Waals surface area contributed by atoms with Crippen LogP contribution in [0.25, 0.3) is 27.5 Å². The molecular weight excluding hydrogens is 1340 g/mol. The van der Waals surface area contributed by atoms with E-state index in [4.69, 9.17) is 27.2 Å². The first-order chi connectivity index (χ1) is 42.7. The van der Waals surface area contributed by atoms with Gasteiger partial charge in [-0.2, -0.15) is 33.7 Å². The summed E-state index contributed by atoms with van der Waals surface area (Å²) in [6, 6.07) is 22.5. The number of anilines is 6. The van der Waals surface area contributed by atoms with Crippen molar-refractivity contribution in [1.82, 2.24) is 15.0 Å². The zero-order valence-corrected chi connectivity index (χ0v) is 50.0. The van der Waals surface area contributed by atoms with E-state index in [0.717, 1.165) is 60.2 Å². The number of pyridine rings is 1. The number of nitrogens with one attached hydrogen (secondary N) is 2. The lowest BCUT2D eigenvalue weighted by Gasteiger charge is -2.14. The molecule has 43 heteroatoms. The van der Waals surface area contributed by atoms with Gasteiger partial charge in [0.25, 0.3) is 40.5 Å². The highest BCUT2D eigenvalue weighted by Gasteiger charge is 2.29. The van der Waals surface area contributed by atoms with E-state index >= 15 is 0 Å². The first kappa shape index (κ1) is 65.8. The Morgan fingerprint density at radius 2 is 1.12 bits per heavy atom. The molecule has 36 nitrogen and oxygen atoms in total. The van der Waals surface area contributed by atoms with Crippen molar-refractivity contribution >= 4 is 167 Å². The van der Waals surface area contributed by atoms with Crippen LogP contribution in [0.5, 0.6) is 5.75 Å². The minimum atomic E-state index is -5.36. The highest BCUT2D eigenvalue weighted by Crippen LogP contribution is 2.51. The fraction of sp³-hybridized carbons (Fsp3) is 0.0213. The summed E-state index contributed by atoms with van der Waals surface area (Å²) in [5.74, 6) is -1.55. The van der Waals surface area contributed by atoms with E-state index in [1.165, 1.54) is 28.8 Å². The molecule has 0 amide bonds. The lowest BCUT2D eigenvalue weighted by molar-refractivity contribution is -0.603. The third kappa shape index (κ3) is 15.1. The number of benzene rings is 7. The van der Waals surface area contributed by atoms with Crippen molar-refractivity contribution in [3.8, 4) is 11.7 Å². The number of hydrogen-bond acceptors (Lipinski definition) is 34. The zero-order valence-electron chi connectivity index (χ0n) is 44.3. The molecule has 0 unspecified atom stereocenters. The van der Waals surface area contributed by atoms with Crippen LogP contribution < -0.4 is 26.7 Å². The molecule has 0 fully saturated rings. The molecule has 90 heavy (non-hydrogen) atoms. The number of nitrogens with zero attached hydrogens (tertiary/aromatic N) is 10. The van der Waals surface area contributed by atoms with Gasteiger partial charge in [-0.3, -0.25) is 18.2 Å². The summed E-state index contributed by atoms with van der Waals surface area (Å²) in [6.07, 6.45) is 3.14. The fourth-order valence-electron chi connectivity index (χ4n) is 8.19. The Balaban J connectivity index is 1.13. The first-order valence-corrected chi connectivity index (χ1v) is 31.9. The molecule has 0 saturated heterocycles. The summed E-state index contributed by atoms with van der Waals surface area (Å²) >= 11 is 1.03. The molecule has 9 aromatic rings. The molecular formula is C47H37N14O22S7+. The number of aromatic hydroxyl groups is 1. The number of nitrogen functional groups attached to an aromatic ring is 2. The van der Waals surface area contributed by atoms with Gasteiger partial charge in [0.1, 0.15) is 53.7 Å². The van der Waals surface area contributed by atoms with Crippen LogP contribution in [0.3, 0.4) is 0 Å². The zero-order chi connectivity index (χ0) is 64.9. The number of rotatable bonds is 24. The monoisotopic (exact) mass is 1370 g/mol. The summed E-state index contributed by atoms with van der Waals surface area (Å²) in [6.45, 7) is 1.75. The quantitative estimate of drug-likeness (QED) is 0.00508. The molecule has 0 bridgehead atoms. The molecule has 0 atom stereocenters. The second-order valence-corrected chi connectivity index (χ2v) is 25.4. The van der Waals surface area contributed by atoms with Crippen molar-refractivity contribution in [2.24, 2.45) is 30.7 Å². The normalized spacial score (nSPS) is 12.5. The molecule has 14 N–H and O–H groups in total. The van der Waals surface area contributed by atoms with Gasteiger partial charge in [0, 0.05) is 16.5 Å². The molecule has 0 spiro atoms. The van der Waals surface area contributed by atoms with Gasteiger partial charge in [0.2, 0.25) is 0 Å². The van der Waals surface area contributed by atoms with E-state index in [2.05, 4.69) is 84.4 Å². The number of fused-ring (bicyclic) bond motifs is 2. The van der Waals surface area contributed by atoms with E-state index in [9.17, 15) is 57.0 Å². The molecule has 2 heterocycles. The van der Waals surface area contributed by atoms with Crippen LogP contribution in [0.1, 0.15) is 5.56 Å². The van der Waals surface area contributed by atoms with Crippen molar-refractivity contribution in [3.05, 3.63) is 127 Å². The number of nitrogens with two attached hydrogens (primary N) is 2. The Bertz CT molecular complexity index is 4890. The predicted molar refractivity (Wildman–Crippen MR) is 314 cm³/mol. The lowest BCUT2D eigenvalue weighted by atomic mass is 10.1. The molecule has 0 aliphatic rings. The number of hydrogen-bond donors (Lipinski definition) is 12. The van der Waals surface area contributed by atoms with E-state index in [1.54, 1.807) is 49.6 Å². The number of aryl methyl sites for hydroxylation is 1. The van der Waals surface area contributed by atoms with Crippen LogP contribution in [0, 0.1) is 6.92 Å². The summed E-state index contributed by atoms with van der Waals surface area (Å²) in [5, 5.41) is 78.7. The number of phenols is 1. The summed E-state index contributed by atoms with van der Waals surface area (Å²) in [7, 11) is -20.6. The topological polar surface area (TPSA) is 547 Å². The fourth-order valence-corrected chi connectivity index (χ4v) is 12.5. The Labute approximate surface area is 517 Å². The summed E-state index contributed by atoms with van der Waals surface area (Å²) in [5.41, 5.74) is 9.62. The van der Waals surface area contributed by atoms with Crippen molar-refractivity contribution in [2.75, 3.05) is 22.1 Å². The third-order valence-electron chi connectivity index (χ3n) is 11.9. The molecule has 2 aromatic heterocycles. The SMILES string of the molecule is Cc1ccc(N=Nc2cc(S(=O)(=O)O)c(N)cc2Nc2nc(Nc3ccc(SOOO)c(N=Nc4c(S(=O)(=O)O)cc5cc(SOOO)c(N=Nc6ccc7c(S(=O)(=O)O)cccc7c6S(=O)(=O)O)c(O)c5c4N)c3)nc(-[n+]3ccccc3)n2)c(SOOO)c1. The highest BCUT2D eigenvalue weighted by atomic mass is 32.2. The average molecular weight is 1370 g/mol. The van der Waals surface area contributed by atoms with Crippen molar-refractivity contribution in [2.45, 2.75) is 41.2 Å². The average Bonchev–Trinajstić information content (AvgIpc) is 0.771. The van der Waals surface area contributed by atoms with Crippen LogP contribution >= 0.6 is 36.1 Å². The molecule has 0 radical (unpaired) electrons. The van der Waals surface area contributed by atoms with Crippen LogP contribution in [-0.2, 0) is 68.6 Å².